The number of rotatable bonds is 1. The number of hydrogen-bond donors (Lipinski definition) is 0. The molecule has 0 radical (unpaired) electrons. The lowest BCUT2D eigenvalue weighted by Crippen LogP contribution is -2.27. The maximum Gasteiger partial charge on any atom is 0.116 e. The van der Waals surface area contributed by atoms with Gasteiger partial charge in [0.2, 0.25) is 0 Å². The van der Waals surface area contributed by atoms with E-state index >= 15 is 0 Å². The second-order valence-electron chi connectivity index (χ2n) is 3.34. The molecule has 0 unspecified atom stereocenters. The van der Waals surface area contributed by atoms with Crippen molar-refractivity contribution in [3.05, 3.63) is 12.0 Å². The van der Waals surface area contributed by atoms with Gasteiger partial charge in [-0.1, -0.05) is 6.58 Å². The first-order valence-electron chi connectivity index (χ1n) is 2.93. The average molecular weight is 181 g/mol. The van der Waals surface area contributed by atoms with E-state index in [0.29, 0.717) is 5.41 Å². The van der Waals surface area contributed by atoms with E-state index in [9.17, 15) is 13.0 Å². The zero-order chi connectivity index (χ0) is 9.71. The fraction of sp³-hybridized carbons (Fsp3) is 0.667. The maximum absolute atomic E-state index is 9.33. The molecule has 0 saturated heterocycles. The highest BCUT2D eigenvalue weighted by Gasteiger charge is 1.88. The van der Waals surface area contributed by atoms with Crippen molar-refractivity contribution in [1.29, 1.82) is 0 Å². The molecule has 0 aromatic heterocycles. The first kappa shape index (κ1) is 13.2. The van der Waals surface area contributed by atoms with Gasteiger partial charge in [0, 0.05) is 5.41 Å². The van der Waals surface area contributed by atoms with E-state index in [2.05, 4.69) is 34.8 Å². The largest absolute Gasteiger partial charge is 0.745 e. The summed E-state index contributed by atoms with van der Waals surface area (Å²) in [6.07, 6.45) is 0. The fourth-order valence-electron chi connectivity index (χ4n) is 0. The first-order valence-corrected chi connectivity index (χ1v) is 4.40. The molecule has 0 aliphatic rings. The van der Waals surface area contributed by atoms with Gasteiger partial charge in [-0.25, -0.2) is 8.42 Å². The lowest BCUT2D eigenvalue weighted by molar-refractivity contribution is -0.849. The van der Waals surface area contributed by atoms with Crippen molar-refractivity contribution >= 4 is 10.1 Å². The Labute approximate surface area is 68.5 Å². The second kappa shape index (κ2) is 4.48. The van der Waals surface area contributed by atoms with Gasteiger partial charge < -0.3 is 9.04 Å². The highest BCUT2D eigenvalue weighted by Crippen LogP contribution is 1.75. The van der Waals surface area contributed by atoms with Crippen molar-refractivity contribution in [2.75, 3.05) is 28.2 Å². The molecular formula is C6H15NO3S. The van der Waals surface area contributed by atoms with Crippen LogP contribution in [0.1, 0.15) is 0 Å². The second-order valence-corrected chi connectivity index (χ2v) is 4.66. The molecular weight excluding hydrogens is 166 g/mol. The minimum absolute atomic E-state index is 0.354. The van der Waals surface area contributed by atoms with Gasteiger partial charge >= 0.3 is 0 Å². The van der Waals surface area contributed by atoms with Crippen LogP contribution in [-0.2, 0) is 10.1 Å². The van der Waals surface area contributed by atoms with Crippen LogP contribution in [-0.4, -0.2) is 45.6 Å². The molecule has 0 aromatic carbocycles. The third kappa shape index (κ3) is 81.7. The summed E-state index contributed by atoms with van der Waals surface area (Å²) >= 11 is 0. The summed E-state index contributed by atoms with van der Waals surface area (Å²) in [6, 6.07) is 0. The number of nitrogens with zero attached hydrogens (tertiary/aromatic N) is 1. The van der Waals surface area contributed by atoms with Gasteiger partial charge in [-0.3, -0.25) is 0 Å². The van der Waals surface area contributed by atoms with Crippen LogP contribution in [0.2, 0.25) is 0 Å². The molecule has 0 rings (SSSR count). The van der Waals surface area contributed by atoms with Crippen LogP contribution in [0.3, 0.4) is 0 Å². The Morgan fingerprint density at radius 2 is 1.36 bits per heavy atom. The van der Waals surface area contributed by atoms with Gasteiger partial charge in [0.15, 0.2) is 0 Å². The summed E-state index contributed by atoms with van der Waals surface area (Å²) in [5, 5.41) is 0.354. The quantitative estimate of drug-likeness (QED) is 0.422. The molecule has 0 N–H and O–H groups in total. The van der Waals surface area contributed by atoms with Gasteiger partial charge in [0.1, 0.15) is 10.1 Å². The number of quaternary nitrogens is 1. The van der Waals surface area contributed by atoms with Crippen molar-refractivity contribution in [3.8, 4) is 0 Å². The van der Waals surface area contributed by atoms with Gasteiger partial charge in [-0.15, -0.1) is 0 Å². The van der Waals surface area contributed by atoms with E-state index in [0.717, 1.165) is 4.48 Å². The average Bonchev–Trinajstić information content (AvgIpc) is 1.59. The molecule has 0 aromatic rings. The molecule has 0 aliphatic carbocycles. The molecule has 11 heavy (non-hydrogen) atoms. The van der Waals surface area contributed by atoms with Crippen LogP contribution in [0.15, 0.2) is 12.0 Å². The van der Waals surface area contributed by atoms with Crippen LogP contribution in [0.25, 0.3) is 0 Å². The fourth-order valence-corrected chi connectivity index (χ4v) is 0. The van der Waals surface area contributed by atoms with E-state index in [1.165, 1.54) is 0 Å². The van der Waals surface area contributed by atoms with Crippen molar-refractivity contribution < 1.29 is 17.5 Å². The summed E-state index contributed by atoms with van der Waals surface area (Å²) in [5.41, 5.74) is 0. The van der Waals surface area contributed by atoms with Crippen molar-refractivity contribution in [2.24, 2.45) is 0 Å². The molecule has 5 heteroatoms. The van der Waals surface area contributed by atoms with E-state index in [4.69, 9.17) is 0 Å². The molecule has 0 heterocycles. The van der Waals surface area contributed by atoms with Gasteiger partial charge in [0.25, 0.3) is 0 Å². The summed E-state index contributed by atoms with van der Waals surface area (Å²) in [4.78, 5) is 0. The minimum atomic E-state index is -4.15. The van der Waals surface area contributed by atoms with E-state index in [1.54, 1.807) is 0 Å². The predicted molar refractivity (Wildman–Crippen MR) is 43.9 cm³/mol. The van der Waals surface area contributed by atoms with Crippen molar-refractivity contribution in [3.63, 3.8) is 0 Å². The molecule has 0 amide bonds. The first-order chi connectivity index (χ1) is 4.56. The monoisotopic (exact) mass is 181 g/mol. The highest BCUT2D eigenvalue weighted by molar-refractivity contribution is 7.88. The Balaban J connectivity index is 0. The van der Waals surface area contributed by atoms with E-state index in [-0.39, 0.29) is 0 Å². The Hall–Kier alpha value is -0.390. The highest BCUT2D eigenvalue weighted by atomic mass is 32.2. The Morgan fingerprint density at radius 3 is 1.36 bits per heavy atom. The zero-order valence-corrected chi connectivity index (χ0v) is 8.18. The summed E-state index contributed by atoms with van der Waals surface area (Å²) in [5.74, 6) is 0. The van der Waals surface area contributed by atoms with Gasteiger partial charge in [-0.05, 0) is 0 Å². The molecule has 0 spiro atoms. The maximum atomic E-state index is 9.33. The van der Waals surface area contributed by atoms with Crippen molar-refractivity contribution in [2.45, 2.75) is 0 Å². The predicted octanol–water partition coefficient (Wildman–Crippen LogP) is -0.00250. The Kier molecular flexibility index (Phi) is 5.38. The summed E-state index contributed by atoms with van der Waals surface area (Å²) in [7, 11) is 4.35. The summed E-state index contributed by atoms with van der Waals surface area (Å²) in [6.45, 7) is 2.73. The standard InChI is InChI=1S/C4H12N.C2H4O3S/c1-5(2,3)4;1-2-6(3,4)5/h1-4H3;2H,1H2,(H,3,4,5)/q+1;/p-1. The van der Waals surface area contributed by atoms with Crippen LogP contribution in [0.4, 0.5) is 0 Å². The lowest BCUT2D eigenvalue weighted by atomic mass is 10.8. The normalized spacial score (nSPS) is 11.4. The SMILES string of the molecule is C=CS(=O)(=O)[O-].C[N+](C)(C)C. The van der Waals surface area contributed by atoms with Crippen LogP contribution in [0, 0.1) is 0 Å². The third-order valence-electron chi connectivity index (χ3n) is 0.204. The van der Waals surface area contributed by atoms with E-state index < -0.39 is 10.1 Å². The van der Waals surface area contributed by atoms with Crippen molar-refractivity contribution in [1.82, 2.24) is 0 Å². The molecule has 0 aliphatic heterocycles. The molecule has 0 fully saturated rings. The molecule has 0 bridgehead atoms. The van der Waals surface area contributed by atoms with Crippen LogP contribution in [0.5, 0.6) is 0 Å². The molecule has 0 saturated carbocycles. The van der Waals surface area contributed by atoms with Gasteiger partial charge in [-0.2, -0.15) is 0 Å². The Morgan fingerprint density at radius 1 is 1.27 bits per heavy atom. The lowest BCUT2D eigenvalue weighted by Gasteiger charge is -2.14. The topological polar surface area (TPSA) is 57.2 Å². The number of hydrogen-bond acceptors (Lipinski definition) is 3. The minimum Gasteiger partial charge on any atom is -0.745 e. The van der Waals surface area contributed by atoms with Gasteiger partial charge in [0.05, 0.1) is 28.2 Å². The molecule has 0 atom stereocenters. The van der Waals surface area contributed by atoms with Crippen LogP contribution < -0.4 is 0 Å². The molecule has 68 valence electrons. The zero-order valence-electron chi connectivity index (χ0n) is 7.36. The Bertz CT molecular complexity index is 183. The van der Waals surface area contributed by atoms with E-state index in [1.807, 2.05) is 0 Å². The third-order valence-corrected chi connectivity index (χ3v) is 0.612. The summed E-state index contributed by atoms with van der Waals surface area (Å²) < 4.78 is 29.0. The smallest absolute Gasteiger partial charge is 0.116 e. The molecule has 4 nitrogen and oxygen atoms in total. The van der Waals surface area contributed by atoms with Crippen LogP contribution >= 0.6 is 0 Å².